The van der Waals surface area contributed by atoms with Gasteiger partial charge < -0.3 is 15.8 Å². The van der Waals surface area contributed by atoms with Crippen LogP contribution in [0.3, 0.4) is 0 Å². The number of para-hydroxylation sites is 1. The van der Waals surface area contributed by atoms with Crippen molar-refractivity contribution < 1.29 is 9.53 Å². The van der Waals surface area contributed by atoms with Gasteiger partial charge in [-0.25, -0.2) is 0 Å². The Bertz CT molecular complexity index is 417. The molecule has 5 heteroatoms. The molecule has 2 atom stereocenters. The number of carbonyl (C=O) groups is 1. The highest BCUT2D eigenvalue weighted by Crippen LogP contribution is 2.31. The van der Waals surface area contributed by atoms with E-state index in [1.165, 1.54) is 0 Å². The zero-order valence-electron chi connectivity index (χ0n) is 11.6. The standard InChI is InChI=1S/C14H21BrN2O2/c1-4-6-9(2)17-14(18)10(3)19-13-11(15)7-5-8-12(13)16/h5,7-10H,4,6,16H2,1-3H3,(H,17,18). The highest BCUT2D eigenvalue weighted by atomic mass is 79.9. The molecule has 0 heterocycles. The lowest BCUT2D eigenvalue weighted by Gasteiger charge is -2.19. The van der Waals surface area contributed by atoms with Gasteiger partial charge in [-0.05, 0) is 48.3 Å². The Morgan fingerprint density at radius 3 is 2.74 bits per heavy atom. The van der Waals surface area contributed by atoms with Gasteiger partial charge >= 0.3 is 0 Å². The van der Waals surface area contributed by atoms with E-state index in [0.717, 1.165) is 17.3 Å². The van der Waals surface area contributed by atoms with Crippen molar-refractivity contribution in [3.8, 4) is 5.75 Å². The van der Waals surface area contributed by atoms with Crippen molar-refractivity contribution in [3.05, 3.63) is 22.7 Å². The van der Waals surface area contributed by atoms with Crippen LogP contribution in [0, 0.1) is 0 Å². The zero-order valence-corrected chi connectivity index (χ0v) is 13.2. The Morgan fingerprint density at radius 2 is 2.16 bits per heavy atom. The SMILES string of the molecule is CCCC(C)NC(=O)C(C)Oc1c(N)cccc1Br. The third-order valence-electron chi connectivity index (χ3n) is 2.77. The first kappa shape index (κ1) is 15.8. The molecule has 1 aromatic carbocycles. The molecule has 0 aromatic heterocycles. The van der Waals surface area contributed by atoms with E-state index in [1.54, 1.807) is 13.0 Å². The summed E-state index contributed by atoms with van der Waals surface area (Å²) in [6.07, 6.45) is 1.41. The van der Waals surface area contributed by atoms with Gasteiger partial charge in [-0.15, -0.1) is 0 Å². The molecule has 1 amide bonds. The zero-order chi connectivity index (χ0) is 14.4. The quantitative estimate of drug-likeness (QED) is 0.788. The van der Waals surface area contributed by atoms with Gasteiger partial charge in [0.2, 0.25) is 0 Å². The highest BCUT2D eigenvalue weighted by molar-refractivity contribution is 9.10. The smallest absolute Gasteiger partial charge is 0.260 e. The Balaban J connectivity index is 2.64. The monoisotopic (exact) mass is 328 g/mol. The van der Waals surface area contributed by atoms with Gasteiger partial charge in [0, 0.05) is 6.04 Å². The van der Waals surface area contributed by atoms with Gasteiger partial charge in [-0.3, -0.25) is 4.79 Å². The van der Waals surface area contributed by atoms with Gasteiger partial charge in [0.15, 0.2) is 11.9 Å². The average molecular weight is 329 g/mol. The number of hydrogen-bond acceptors (Lipinski definition) is 3. The topological polar surface area (TPSA) is 64.3 Å². The lowest BCUT2D eigenvalue weighted by atomic mass is 10.2. The van der Waals surface area contributed by atoms with Crippen LogP contribution in [0.2, 0.25) is 0 Å². The number of ether oxygens (including phenoxy) is 1. The highest BCUT2D eigenvalue weighted by Gasteiger charge is 2.18. The van der Waals surface area contributed by atoms with Crippen LogP contribution in [0.5, 0.6) is 5.75 Å². The molecule has 4 nitrogen and oxygen atoms in total. The normalized spacial score (nSPS) is 13.7. The minimum Gasteiger partial charge on any atom is -0.478 e. The van der Waals surface area contributed by atoms with Gasteiger partial charge in [0.25, 0.3) is 5.91 Å². The molecule has 0 spiro atoms. The molecule has 0 aliphatic rings. The van der Waals surface area contributed by atoms with E-state index in [-0.39, 0.29) is 11.9 Å². The maximum Gasteiger partial charge on any atom is 0.260 e. The van der Waals surface area contributed by atoms with Crippen LogP contribution in [0.4, 0.5) is 5.69 Å². The number of halogens is 1. The third-order valence-corrected chi connectivity index (χ3v) is 3.40. The second kappa shape index (κ2) is 7.38. The van der Waals surface area contributed by atoms with Crippen molar-refractivity contribution in [2.45, 2.75) is 45.8 Å². The molecule has 0 aliphatic carbocycles. The first-order valence-electron chi connectivity index (χ1n) is 6.46. The second-order valence-electron chi connectivity index (χ2n) is 4.62. The molecule has 2 unspecified atom stereocenters. The van der Waals surface area contributed by atoms with Crippen LogP contribution >= 0.6 is 15.9 Å². The van der Waals surface area contributed by atoms with E-state index in [2.05, 4.69) is 28.2 Å². The second-order valence-corrected chi connectivity index (χ2v) is 5.47. The molecular weight excluding hydrogens is 308 g/mol. The number of benzene rings is 1. The van der Waals surface area contributed by atoms with Crippen molar-refractivity contribution in [1.29, 1.82) is 0 Å². The summed E-state index contributed by atoms with van der Waals surface area (Å²) in [5.74, 6) is 0.379. The van der Waals surface area contributed by atoms with Crippen LogP contribution in [-0.4, -0.2) is 18.1 Å². The van der Waals surface area contributed by atoms with E-state index in [0.29, 0.717) is 11.4 Å². The first-order valence-corrected chi connectivity index (χ1v) is 7.26. The minimum absolute atomic E-state index is 0.129. The molecule has 0 saturated heterocycles. The van der Waals surface area contributed by atoms with Crippen LogP contribution in [0.25, 0.3) is 0 Å². The number of rotatable bonds is 6. The Hall–Kier alpha value is -1.23. The van der Waals surface area contributed by atoms with Crippen LogP contribution in [0.15, 0.2) is 22.7 Å². The maximum absolute atomic E-state index is 12.0. The molecule has 3 N–H and O–H groups in total. The number of nitrogens with one attached hydrogen (secondary N) is 1. The van der Waals surface area contributed by atoms with Crippen molar-refractivity contribution in [1.82, 2.24) is 5.32 Å². The van der Waals surface area contributed by atoms with E-state index in [9.17, 15) is 4.79 Å². The molecule has 0 saturated carbocycles. The van der Waals surface area contributed by atoms with Gasteiger partial charge in [0.1, 0.15) is 0 Å². The van der Waals surface area contributed by atoms with Gasteiger partial charge in [-0.2, -0.15) is 0 Å². The molecule has 19 heavy (non-hydrogen) atoms. The fraction of sp³-hybridized carbons (Fsp3) is 0.500. The summed E-state index contributed by atoms with van der Waals surface area (Å²) >= 11 is 3.36. The molecule has 0 bridgehead atoms. The van der Waals surface area contributed by atoms with Crippen molar-refractivity contribution in [3.63, 3.8) is 0 Å². The molecule has 106 valence electrons. The number of anilines is 1. The number of nitrogens with two attached hydrogens (primary N) is 1. The number of carbonyl (C=O) groups excluding carboxylic acids is 1. The van der Waals surface area contributed by atoms with E-state index < -0.39 is 6.10 Å². The number of hydrogen-bond donors (Lipinski definition) is 2. The minimum atomic E-state index is -0.583. The molecule has 1 aromatic rings. The Kier molecular flexibility index (Phi) is 6.15. The molecule has 1 rings (SSSR count). The van der Waals surface area contributed by atoms with Crippen molar-refractivity contribution in [2.24, 2.45) is 0 Å². The molecular formula is C14H21BrN2O2. The van der Waals surface area contributed by atoms with E-state index >= 15 is 0 Å². The number of amides is 1. The van der Waals surface area contributed by atoms with E-state index in [1.807, 2.05) is 19.1 Å². The summed E-state index contributed by atoms with van der Waals surface area (Å²) in [4.78, 5) is 12.0. The maximum atomic E-state index is 12.0. The Labute approximate surface area is 122 Å². The summed E-state index contributed by atoms with van der Waals surface area (Å²) in [5.41, 5.74) is 6.34. The molecule has 0 fully saturated rings. The fourth-order valence-corrected chi connectivity index (χ4v) is 2.22. The summed E-state index contributed by atoms with van der Waals surface area (Å²) in [5, 5.41) is 2.92. The number of nitrogen functional groups attached to an aromatic ring is 1. The predicted molar refractivity (Wildman–Crippen MR) is 81.2 cm³/mol. The third kappa shape index (κ3) is 4.74. The van der Waals surface area contributed by atoms with Crippen LogP contribution in [-0.2, 0) is 4.79 Å². The van der Waals surface area contributed by atoms with E-state index in [4.69, 9.17) is 10.5 Å². The lowest BCUT2D eigenvalue weighted by Crippen LogP contribution is -2.41. The summed E-state index contributed by atoms with van der Waals surface area (Å²) in [6, 6.07) is 5.54. The summed E-state index contributed by atoms with van der Waals surface area (Å²) < 4.78 is 6.38. The van der Waals surface area contributed by atoms with Gasteiger partial charge in [-0.1, -0.05) is 19.4 Å². The first-order chi connectivity index (χ1) is 8.95. The largest absolute Gasteiger partial charge is 0.478 e. The van der Waals surface area contributed by atoms with Crippen LogP contribution < -0.4 is 15.8 Å². The fourth-order valence-electron chi connectivity index (χ4n) is 1.75. The molecule has 0 radical (unpaired) electrons. The lowest BCUT2D eigenvalue weighted by molar-refractivity contribution is -0.127. The molecule has 0 aliphatic heterocycles. The Morgan fingerprint density at radius 1 is 1.47 bits per heavy atom. The van der Waals surface area contributed by atoms with Crippen LogP contribution in [0.1, 0.15) is 33.6 Å². The summed E-state index contributed by atoms with van der Waals surface area (Å²) in [7, 11) is 0. The van der Waals surface area contributed by atoms with Gasteiger partial charge in [0.05, 0.1) is 10.2 Å². The summed E-state index contributed by atoms with van der Waals surface area (Å²) in [6.45, 7) is 5.79. The predicted octanol–water partition coefficient (Wildman–Crippen LogP) is 3.10. The average Bonchev–Trinajstić information content (AvgIpc) is 2.34. The van der Waals surface area contributed by atoms with Crippen molar-refractivity contribution in [2.75, 3.05) is 5.73 Å². The van der Waals surface area contributed by atoms with Crippen molar-refractivity contribution >= 4 is 27.5 Å².